The molecule has 5 heteroatoms. The molecule has 0 atom stereocenters. The number of nitrogens with zero attached hydrogens (tertiary/aromatic N) is 2. The summed E-state index contributed by atoms with van der Waals surface area (Å²) in [6, 6.07) is 14.8. The molecule has 1 N–H and O–H groups in total. The first kappa shape index (κ1) is 20.0. The number of anilines is 1. The minimum absolute atomic E-state index is 0.204. The van der Waals surface area contributed by atoms with E-state index in [1.807, 2.05) is 36.7 Å². The largest absolute Gasteiger partial charge is 0.497 e. The molecule has 0 bridgehead atoms. The van der Waals surface area contributed by atoms with E-state index in [2.05, 4.69) is 40.8 Å². The number of hydrogen-bond acceptors (Lipinski definition) is 3. The summed E-state index contributed by atoms with van der Waals surface area (Å²) >= 11 is 0. The van der Waals surface area contributed by atoms with Gasteiger partial charge in [0, 0.05) is 24.2 Å². The van der Waals surface area contributed by atoms with Crippen LogP contribution in [0.15, 0.2) is 60.9 Å². The Morgan fingerprint density at radius 2 is 1.67 bits per heavy atom. The number of aromatic nitrogens is 2. The van der Waals surface area contributed by atoms with Crippen molar-refractivity contribution in [2.75, 3.05) is 19.0 Å². The Morgan fingerprint density at radius 1 is 0.967 bits per heavy atom. The van der Waals surface area contributed by atoms with Crippen LogP contribution in [0.3, 0.4) is 0 Å². The topological polar surface area (TPSA) is 39.1 Å². The maximum Gasteiger partial charge on any atom is 0.123 e. The lowest BCUT2D eigenvalue weighted by Crippen LogP contribution is -2.06. The lowest BCUT2D eigenvalue weighted by Gasteiger charge is -2.11. The minimum Gasteiger partial charge on any atom is -0.497 e. The van der Waals surface area contributed by atoms with Gasteiger partial charge in [-0.15, -0.1) is 0 Å². The van der Waals surface area contributed by atoms with Gasteiger partial charge in [-0.3, -0.25) is 4.98 Å². The second-order valence-electron chi connectivity index (χ2n) is 7.53. The van der Waals surface area contributed by atoms with Gasteiger partial charge < -0.3 is 14.6 Å². The molecule has 2 aromatic heterocycles. The molecule has 0 fully saturated rings. The molecule has 0 amide bonds. The van der Waals surface area contributed by atoms with Gasteiger partial charge in [-0.05, 0) is 61.2 Å². The molecular weight excluding hydrogens is 377 g/mol. The Labute approximate surface area is 176 Å². The third-order valence-electron chi connectivity index (χ3n) is 5.68. The number of nitrogens with one attached hydrogen (secondary N) is 1. The van der Waals surface area contributed by atoms with E-state index in [0.29, 0.717) is 0 Å². The summed E-state index contributed by atoms with van der Waals surface area (Å²) < 4.78 is 20.7. The van der Waals surface area contributed by atoms with Crippen LogP contribution < -0.4 is 10.1 Å². The molecule has 0 saturated heterocycles. The fraction of sp³-hybridized carbons (Fsp3) is 0.240. The highest BCUT2D eigenvalue weighted by molar-refractivity contribution is 5.95. The summed E-state index contributed by atoms with van der Waals surface area (Å²) in [5, 5.41) is 4.73. The van der Waals surface area contributed by atoms with Gasteiger partial charge in [0.2, 0.25) is 0 Å². The Balaban J connectivity index is 1.57. The van der Waals surface area contributed by atoms with E-state index in [9.17, 15) is 4.39 Å². The van der Waals surface area contributed by atoms with Gasteiger partial charge in [-0.1, -0.05) is 24.3 Å². The molecule has 154 valence electrons. The zero-order chi connectivity index (χ0) is 21.1. The van der Waals surface area contributed by atoms with Gasteiger partial charge >= 0.3 is 0 Å². The van der Waals surface area contributed by atoms with E-state index in [0.717, 1.165) is 42.0 Å². The SMILES string of the molecule is COc1ccc(Cn2c(C)c(C)c3c(NCCc4ccc(F)cc4)cncc32)cc1. The van der Waals surface area contributed by atoms with Gasteiger partial charge in [0.15, 0.2) is 0 Å². The summed E-state index contributed by atoms with van der Waals surface area (Å²) in [5.41, 5.74) is 6.95. The number of pyridine rings is 1. The maximum atomic E-state index is 13.1. The maximum absolute atomic E-state index is 13.1. The van der Waals surface area contributed by atoms with Crippen molar-refractivity contribution in [2.24, 2.45) is 0 Å². The number of fused-ring (bicyclic) bond motifs is 1. The monoisotopic (exact) mass is 403 g/mol. The first-order valence-corrected chi connectivity index (χ1v) is 10.1. The molecular formula is C25H26FN3O. The van der Waals surface area contributed by atoms with Gasteiger partial charge in [0.1, 0.15) is 11.6 Å². The van der Waals surface area contributed by atoms with Crippen molar-refractivity contribution in [3.05, 3.63) is 89.1 Å². The van der Waals surface area contributed by atoms with Crippen LogP contribution in [-0.2, 0) is 13.0 Å². The van der Waals surface area contributed by atoms with Crippen LogP contribution in [0.5, 0.6) is 5.75 Å². The quantitative estimate of drug-likeness (QED) is 0.443. The highest BCUT2D eigenvalue weighted by atomic mass is 19.1. The Morgan fingerprint density at radius 3 is 2.37 bits per heavy atom. The fourth-order valence-electron chi connectivity index (χ4n) is 3.86. The van der Waals surface area contributed by atoms with E-state index in [1.54, 1.807) is 7.11 Å². The smallest absolute Gasteiger partial charge is 0.123 e. The average molecular weight is 404 g/mol. The van der Waals surface area contributed by atoms with Crippen LogP contribution in [0.2, 0.25) is 0 Å². The lowest BCUT2D eigenvalue weighted by atomic mass is 10.1. The first-order chi connectivity index (χ1) is 14.6. The third kappa shape index (κ3) is 4.01. The number of aryl methyl sites for hydroxylation is 1. The van der Waals surface area contributed by atoms with Crippen molar-refractivity contribution in [1.29, 1.82) is 0 Å². The fourth-order valence-corrected chi connectivity index (χ4v) is 3.86. The molecule has 2 heterocycles. The number of ether oxygens (including phenoxy) is 1. The van der Waals surface area contributed by atoms with Crippen LogP contribution in [0.25, 0.3) is 10.9 Å². The van der Waals surface area contributed by atoms with Crippen molar-refractivity contribution in [1.82, 2.24) is 9.55 Å². The minimum atomic E-state index is -0.204. The number of halogens is 1. The molecule has 0 aliphatic carbocycles. The zero-order valence-corrected chi connectivity index (χ0v) is 17.6. The normalized spacial score (nSPS) is 11.1. The van der Waals surface area contributed by atoms with Gasteiger partial charge in [-0.25, -0.2) is 4.39 Å². The molecule has 4 aromatic rings. The molecule has 4 rings (SSSR count). The molecule has 0 saturated carbocycles. The second-order valence-corrected chi connectivity index (χ2v) is 7.53. The van der Waals surface area contributed by atoms with Gasteiger partial charge in [0.25, 0.3) is 0 Å². The van der Waals surface area contributed by atoms with Crippen LogP contribution in [0, 0.1) is 19.7 Å². The third-order valence-corrected chi connectivity index (χ3v) is 5.68. The molecule has 0 aliphatic heterocycles. The van der Waals surface area contributed by atoms with Crippen LogP contribution in [0.1, 0.15) is 22.4 Å². The number of rotatable bonds is 7. The molecule has 0 unspecified atom stereocenters. The standard InChI is InChI=1S/C25H26FN3O/c1-17-18(2)29(16-20-6-10-22(30-3)11-7-20)24-15-27-14-23(25(17)24)28-13-12-19-4-8-21(26)9-5-19/h4-11,14-15,28H,12-13,16H2,1-3H3. The van der Waals surface area contributed by atoms with E-state index in [4.69, 9.17) is 4.74 Å². The zero-order valence-electron chi connectivity index (χ0n) is 17.6. The number of methoxy groups -OCH3 is 1. The summed E-state index contributed by atoms with van der Waals surface area (Å²) in [7, 11) is 1.68. The predicted molar refractivity (Wildman–Crippen MR) is 120 cm³/mol. The molecule has 2 aromatic carbocycles. The highest BCUT2D eigenvalue weighted by Gasteiger charge is 2.15. The van der Waals surface area contributed by atoms with Crippen LogP contribution in [0.4, 0.5) is 10.1 Å². The lowest BCUT2D eigenvalue weighted by molar-refractivity contribution is 0.414. The van der Waals surface area contributed by atoms with Crippen LogP contribution >= 0.6 is 0 Å². The second kappa shape index (κ2) is 8.57. The van der Waals surface area contributed by atoms with Crippen molar-refractivity contribution < 1.29 is 9.13 Å². The number of hydrogen-bond donors (Lipinski definition) is 1. The number of benzene rings is 2. The Bertz CT molecular complexity index is 1150. The molecule has 30 heavy (non-hydrogen) atoms. The van der Waals surface area contributed by atoms with E-state index >= 15 is 0 Å². The Hall–Kier alpha value is -3.34. The first-order valence-electron chi connectivity index (χ1n) is 10.1. The van der Waals surface area contributed by atoms with Crippen molar-refractivity contribution in [3.63, 3.8) is 0 Å². The van der Waals surface area contributed by atoms with Crippen LogP contribution in [-0.4, -0.2) is 23.2 Å². The summed E-state index contributed by atoms with van der Waals surface area (Å²) in [5.74, 6) is 0.656. The van der Waals surface area contributed by atoms with Crippen molar-refractivity contribution in [3.8, 4) is 5.75 Å². The van der Waals surface area contributed by atoms with Gasteiger partial charge in [-0.2, -0.15) is 0 Å². The van der Waals surface area contributed by atoms with E-state index in [-0.39, 0.29) is 5.82 Å². The molecule has 0 radical (unpaired) electrons. The molecule has 0 spiro atoms. The predicted octanol–water partition coefficient (Wildman–Crippen LogP) is 5.50. The highest BCUT2D eigenvalue weighted by Crippen LogP contribution is 2.31. The summed E-state index contributed by atoms with van der Waals surface area (Å²) in [6.07, 6.45) is 4.64. The van der Waals surface area contributed by atoms with E-state index < -0.39 is 0 Å². The van der Waals surface area contributed by atoms with Gasteiger partial charge in [0.05, 0.1) is 30.7 Å². The summed E-state index contributed by atoms with van der Waals surface area (Å²) in [6.45, 7) is 5.85. The van der Waals surface area contributed by atoms with E-state index in [1.165, 1.54) is 34.3 Å². The Kier molecular flexibility index (Phi) is 5.70. The molecule has 0 aliphatic rings. The molecule has 4 nitrogen and oxygen atoms in total. The average Bonchev–Trinajstić information content (AvgIpc) is 3.01. The van der Waals surface area contributed by atoms with Crippen molar-refractivity contribution in [2.45, 2.75) is 26.8 Å². The summed E-state index contributed by atoms with van der Waals surface area (Å²) in [4.78, 5) is 4.48. The van der Waals surface area contributed by atoms with Crippen molar-refractivity contribution >= 4 is 16.6 Å².